The Labute approximate surface area is 187 Å². The number of benzene rings is 1. The van der Waals surface area contributed by atoms with E-state index in [4.69, 9.17) is 4.74 Å². The molecule has 0 unspecified atom stereocenters. The molecule has 2 heterocycles. The molecule has 2 amide bonds. The molecule has 31 heavy (non-hydrogen) atoms. The molecule has 1 N–H and O–H groups in total. The molecule has 2 atom stereocenters. The number of aromatic nitrogens is 3. The fraction of sp³-hybridized carbons (Fsp3) is 0.545. The van der Waals surface area contributed by atoms with Crippen LogP contribution in [0.4, 0.5) is 0 Å². The van der Waals surface area contributed by atoms with E-state index in [9.17, 15) is 9.59 Å². The van der Waals surface area contributed by atoms with Crippen LogP contribution in [0.25, 0.3) is 5.69 Å². The Morgan fingerprint density at radius 1 is 1.26 bits per heavy atom. The third-order valence-electron chi connectivity index (χ3n) is 5.59. The number of hydrogen-bond acceptors (Lipinski definition) is 6. The predicted molar refractivity (Wildman–Crippen MR) is 120 cm³/mol. The van der Waals surface area contributed by atoms with E-state index in [0.29, 0.717) is 18.2 Å². The molecule has 1 aromatic heterocycles. The zero-order valence-electron chi connectivity index (χ0n) is 18.4. The van der Waals surface area contributed by atoms with Crippen molar-refractivity contribution in [3.8, 4) is 11.4 Å². The van der Waals surface area contributed by atoms with Crippen LogP contribution in [0.5, 0.6) is 5.75 Å². The van der Waals surface area contributed by atoms with Crippen molar-refractivity contribution in [1.29, 1.82) is 0 Å². The number of carbonyl (C=O) groups is 2. The highest BCUT2D eigenvalue weighted by molar-refractivity contribution is 7.99. The van der Waals surface area contributed by atoms with Gasteiger partial charge in [0, 0.05) is 24.8 Å². The Morgan fingerprint density at radius 3 is 2.74 bits per heavy atom. The summed E-state index contributed by atoms with van der Waals surface area (Å²) in [5.41, 5.74) is 0.899. The molecule has 1 aliphatic rings. The van der Waals surface area contributed by atoms with Crippen LogP contribution < -0.4 is 10.1 Å². The largest absolute Gasteiger partial charge is 0.497 e. The van der Waals surface area contributed by atoms with Gasteiger partial charge in [0.1, 0.15) is 12.1 Å². The minimum absolute atomic E-state index is 0.0211. The Morgan fingerprint density at radius 2 is 2.03 bits per heavy atom. The second-order valence-electron chi connectivity index (χ2n) is 7.78. The highest BCUT2D eigenvalue weighted by Gasteiger charge is 2.32. The van der Waals surface area contributed by atoms with E-state index in [1.165, 1.54) is 11.8 Å². The summed E-state index contributed by atoms with van der Waals surface area (Å²) < 4.78 is 7.05. The van der Waals surface area contributed by atoms with Crippen LogP contribution >= 0.6 is 11.8 Å². The second kappa shape index (κ2) is 11.2. The lowest BCUT2D eigenvalue weighted by molar-refractivity contribution is -0.136. The van der Waals surface area contributed by atoms with Crippen LogP contribution in [0.3, 0.4) is 0 Å². The predicted octanol–water partition coefficient (Wildman–Crippen LogP) is 2.91. The van der Waals surface area contributed by atoms with E-state index < -0.39 is 0 Å². The minimum Gasteiger partial charge on any atom is -0.497 e. The molecule has 8 nitrogen and oxygen atoms in total. The first-order chi connectivity index (χ1) is 15.0. The standard InChI is InChI=1S/C22H31N5O3S/c1-4-5-12-23-21(29)17-7-6-16(2)26(13-17)20(28)14-31-22-25-24-15-27(22)18-8-10-19(30-3)11-9-18/h8-11,15-17H,4-7,12-14H2,1-3H3,(H,23,29)/t16-,17-/m0/s1. The molecule has 1 saturated heterocycles. The van der Waals surface area contributed by atoms with E-state index >= 15 is 0 Å². The number of ether oxygens (including phenoxy) is 1. The fourth-order valence-electron chi connectivity index (χ4n) is 3.65. The van der Waals surface area contributed by atoms with Gasteiger partial charge in [0.05, 0.1) is 18.8 Å². The maximum atomic E-state index is 13.0. The molecule has 0 bridgehead atoms. The van der Waals surface area contributed by atoms with Gasteiger partial charge in [-0.2, -0.15) is 0 Å². The van der Waals surface area contributed by atoms with Gasteiger partial charge in [-0.1, -0.05) is 25.1 Å². The third-order valence-corrected chi connectivity index (χ3v) is 6.52. The van der Waals surface area contributed by atoms with Crippen LogP contribution in [0, 0.1) is 5.92 Å². The number of rotatable bonds is 9. The third kappa shape index (κ3) is 6.00. The molecule has 0 radical (unpaired) electrons. The second-order valence-corrected chi connectivity index (χ2v) is 8.73. The van der Waals surface area contributed by atoms with Gasteiger partial charge < -0.3 is 15.0 Å². The molecular formula is C22H31N5O3S. The van der Waals surface area contributed by atoms with Gasteiger partial charge in [-0.3, -0.25) is 14.2 Å². The molecule has 168 valence electrons. The van der Waals surface area contributed by atoms with E-state index in [1.807, 2.05) is 40.7 Å². The smallest absolute Gasteiger partial charge is 0.233 e. The summed E-state index contributed by atoms with van der Waals surface area (Å²) in [6, 6.07) is 7.71. The first kappa shape index (κ1) is 23.1. The summed E-state index contributed by atoms with van der Waals surface area (Å²) in [7, 11) is 1.63. The average Bonchev–Trinajstić information content (AvgIpc) is 3.26. The molecule has 3 rings (SSSR count). The average molecular weight is 446 g/mol. The van der Waals surface area contributed by atoms with Crippen molar-refractivity contribution in [1.82, 2.24) is 25.0 Å². The lowest BCUT2D eigenvalue weighted by Crippen LogP contribution is -2.50. The van der Waals surface area contributed by atoms with Crippen LogP contribution in [0.15, 0.2) is 35.7 Å². The number of unbranched alkanes of at least 4 members (excludes halogenated alkanes) is 1. The number of amides is 2. The van der Waals surface area contributed by atoms with Crippen molar-refractivity contribution in [3.63, 3.8) is 0 Å². The van der Waals surface area contributed by atoms with E-state index in [1.54, 1.807) is 13.4 Å². The summed E-state index contributed by atoms with van der Waals surface area (Å²) >= 11 is 1.36. The molecule has 2 aromatic rings. The lowest BCUT2D eigenvalue weighted by atomic mass is 9.92. The number of likely N-dealkylation sites (tertiary alicyclic amines) is 1. The van der Waals surface area contributed by atoms with Crippen molar-refractivity contribution in [2.24, 2.45) is 5.92 Å². The van der Waals surface area contributed by atoms with Crippen molar-refractivity contribution in [2.75, 3.05) is 26.0 Å². The van der Waals surface area contributed by atoms with Crippen molar-refractivity contribution in [2.45, 2.75) is 50.7 Å². The van der Waals surface area contributed by atoms with Crippen LogP contribution in [0.1, 0.15) is 39.5 Å². The van der Waals surface area contributed by atoms with E-state index in [2.05, 4.69) is 22.4 Å². The molecule has 1 aliphatic heterocycles. The summed E-state index contributed by atoms with van der Waals surface area (Å²) in [6.07, 6.45) is 5.31. The van der Waals surface area contributed by atoms with E-state index in [0.717, 1.165) is 37.1 Å². The van der Waals surface area contributed by atoms with Gasteiger partial charge in [0.25, 0.3) is 0 Å². The quantitative estimate of drug-likeness (QED) is 0.472. The summed E-state index contributed by atoms with van der Waals surface area (Å²) in [4.78, 5) is 27.3. The molecule has 0 spiro atoms. The van der Waals surface area contributed by atoms with Gasteiger partial charge in [-0.25, -0.2) is 0 Å². The zero-order chi connectivity index (χ0) is 22.2. The SMILES string of the molecule is CCCCNC(=O)[C@H]1CC[C@H](C)N(C(=O)CSc2nncn2-c2ccc(OC)cc2)C1. The number of hydrogen-bond donors (Lipinski definition) is 1. The Bertz CT molecular complexity index is 870. The van der Waals surface area contributed by atoms with E-state index in [-0.39, 0.29) is 29.5 Å². The van der Waals surface area contributed by atoms with Crippen molar-refractivity contribution in [3.05, 3.63) is 30.6 Å². The van der Waals surface area contributed by atoms with Crippen LogP contribution in [-0.2, 0) is 9.59 Å². The lowest BCUT2D eigenvalue weighted by Gasteiger charge is -2.37. The Kier molecular flexibility index (Phi) is 8.34. The minimum atomic E-state index is -0.134. The number of nitrogens with one attached hydrogen (secondary N) is 1. The van der Waals surface area contributed by atoms with Gasteiger partial charge in [-0.05, 0) is 50.5 Å². The molecule has 9 heteroatoms. The number of thioether (sulfide) groups is 1. The maximum Gasteiger partial charge on any atom is 0.233 e. The molecule has 0 aliphatic carbocycles. The molecular weight excluding hydrogens is 414 g/mol. The number of nitrogens with zero attached hydrogens (tertiary/aromatic N) is 4. The topological polar surface area (TPSA) is 89.4 Å². The van der Waals surface area contributed by atoms with Gasteiger partial charge in [-0.15, -0.1) is 10.2 Å². The van der Waals surface area contributed by atoms with Gasteiger partial charge in [0.2, 0.25) is 11.8 Å². The number of methoxy groups -OCH3 is 1. The summed E-state index contributed by atoms with van der Waals surface area (Å²) in [6.45, 7) is 5.32. The zero-order valence-corrected chi connectivity index (χ0v) is 19.2. The highest BCUT2D eigenvalue weighted by Crippen LogP contribution is 2.25. The highest BCUT2D eigenvalue weighted by atomic mass is 32.2. The molecule has 1 fully saturated rings. The van der Waals surface area contributed by atoms with Crippen LogP contribution in [0.2, 0.25) is 0 Å². The monoisotopic (exact) mass is 445 g/mol. The van der Waals surface area contributed by atoms with Crippen molar-refractivity contribution < 1.29 is 14.3 Å². The molecule has 1 aromatic carbocycles. The first-order valence-corrected chi connectivity index (χ1v) is 11.8. The maximum absolute atomic E-state index is 13.0. The first-order valence-electron chi connectivity index (χ1n) is 10.8. The van der Waals surface area contributed by atoms with Crippen LogP contribution in [-0.4, -0.2) is 63.5 Å². The van der Waals surface area contributed by atoms with Crippen molar-refractivity contribution >= 4 is 23.6 Å². The summed E-state index contributed by atoms with van der Waals surface area (Å²) in [5.74, 6) is 0.972. The van der Waals surface area contributed by atoms with Gasteiger partial charge >= 0.3 is 0 Å². The summed E-state index contributed by atoms with van der Waals surface area (Å²) in [5, 5.41) is 11.8. The fourth-order valence-corrected chi connectivity index (χ4v) is 4.47. The Hall–Kier alpha value is -2.55. The molecule has 0 saturated carbocycles. The Balaban J connectivity index is 1.58. The van der Waals surface area contributed by atoms with Gasteiger partial charge in [0.15, 0.2) is 5.16 Å². The number of piperidine rings is 1. The normalized spacial score (nSPS) is 18.6. The number of carbonyl (C=O) groups excluding carboxylic acids is 2.